The van der Waals surface area contributed by atoms with Gasteiger partial charge in [-0.1, -0.05) is 12.1 Å². The Morgan fingerprint density at radius 1 is 1.11 bits per heavy atom. The Hall–Kier alpha value is -3.26. The van der Waals surface area contributed by atoms with Crippen LogP contribution in [0.25, 0.3) is 0 Å². The van der Waals surface area contributed by atoms with Gasteiger partial charge >= 0.3 is 0 Å². The summed E-state index contributed by atoms with van der Waals surface area (Å²) >= 11 is 5.64. The fraction of sp³-hybridized carbons (Fsp3) is 0.150. The van der Waals surface area contributed by atoms with Crippen molar-refractivity contribution in [3.63, 3.8) is 0 Å². The molecule has 1 aromatic heterocycles. The van der Waals surface area contributed by atoms with E-state index in [1.165, 1.54) is 24.3 Å². The van der Waals surface area contributed by atoms with Crippen molar-refractivity contribution in [1.82, 2.24) is 9.47 Å². The zero-order valence-corrected chi connectivity index (χ0v) is 15.6. The molecule has 0 bridgehead atoms. The number of nitrogens with zero attached hydrogens (tertiary/aromatic N) is 3. The van der Waals surface area contributed by atoms with E-state index in [-0.39, 0.29) is 17.5 Å². The summed E-state index contributed by atoms with van der Waals surface area (Å²) in [6.07, 6.45) is 2.02. The number of hydrogen-bond acceptors (Lipinski definition) is 3. The third-order valence-electron chi connectivity index (χ3n) is 4.81. The van der Waals surface area contributed by atoms with Gasteiger partial charge in [0, 0.05) is 42.8 Å². The summed E-state index contributed by atoms with van der Waals surface area (Å²) in [5, 5.41) is 14.5. The largest absolute Gasteiger partial charge is 0.348 e. The molecule has 1 N–H and O–H groups in total. The topological polar surface area (TPSA) is 63.3 Å². The molecule has 3 aromatic rings. The number of anilines is 1. The van der Waals surface area contributed by atoms with Crippen LogP contribution in [0.4, 0.5) is 15.8 Å². The minimum Gasteiger partial charge on any atom is -0.348 e. The summed E-state index contributed by atoms with van der Waals surface area (Å²) in [5.74, 6) is -0.284. The lowest BCUT2D eigenvalue weighted by atomic mass is 10.0. The summed E-state index contributed by atoms with van der Waals surface area (Å²) in [6.45, 7) is 1.46. The maximum atomic E-state index is 13.4. The Morgan fingerprint density at radius 3 is 2.50 bits per heavy atom. The number of hydrogen-bond donors (Lipinski definition) is 1. The van der Waals surface area contributed by atoms with E-state index in [1.54, 1.807) is 24.3 Å². The Balaban J connectivity index is 1.62. The minimum atomic E-state index is -0.439. The minimum absolute atomic E-state index is 0.0245. The number of nitro groups is 1. The van der Waals surface area contributed by atoms with Gasteiger partial charge in [-0.05, 0) is 54.2 Å². The number of halogens is 1. The highest BCUT2D eigenvalue weighted by molar-refractivity contribution is 7.80. The maximum absolute atomic E-state index is 13.4. The van der Waals surface area contributed by atoms with Gasteiger partial charge in [0.1, 0.15) is 5.82 Å². The number of benzene rings is 2. The molecule has 1 aliphatic rings. The van der Waals surface area contributed by atoms with Crippen LogP contribution < -0.4 is 5.32 Å². The predicted molar refractivity (Wildman–Crippen MR) is 109 cm³/mol. The first-order valence-electron chi connectivity index (χ1n) is 8.75. The Bertz CT molecular complexity index is 1020. The molecule has 1 aliphatic heterocycles. The number of rotatable bonds is 3. The number of thiocarbonyl (C=S) groups is 1. The smallest absolute Gasteiger partial charge is 0.269 e. The lowest BCUT2D eigenvalue weighted by Crippen LogP contribution is -2.44. The van der Waals surface area contributed by atoms with Gasteiger partial charge in [-0.2, -0.15) is 0 Å². The van der Waals surface area contributed by atoms with Crippen LogP contribution in [0.1, 0.15) is 17.3 Å². The molecule has 0 aliphatic carbocycles. The summed E-state index contributed by atoms with van der Waals surface area (Å²) < 4.78 is 15.6. The molecule has 0 saturated heterocycles. The second-order valence-corrected chi connectivity index (χ2v) is 6.89. The second kappa shape index (κ2) is 7.40. The van der Waals surface area contributed by atoms with E-state index >= 15 is 0 Å². The van der Waals surface area contributed by atoms with E-state index in [1.807, 2.05) is 18.3 Å². The number of fused-ring (bicyclic) bond motifs is 1. The van der Waals surface area contributed by atoms with Crippen molar-refractivity contribution in [2.45, 2.75) is 12.6 Å². The van der Waals surface area contributed by atoms with Gasteiger partial charge in [0.25, 0.3) is 5.69 Å². The lowest BCUT2D eigenvalue weighted by molar-refractivity contribution is -0.384. The van der Waals surface area contributed by atoms with Crippen molar-refractivity contribution < 1.29 is 9.31 Å². The van der Waals surface area contributed by atoms with Gasteiger partial charge in [-0.25, -0.2) is 4.39 Å². The highest BCUT2D eigenvalue weighted by Crippen LogP contribution is 2.33. The quantitative estimate of drug-likeness (QED) is 0.405. The van der Waals surface area contributed by atoms with Gasteiger partial charge in [0.2, 0.25) is 0 Å². The molecule has 0 unspecified atom stereocenters. The molecule has 142 valence electrons. The van der Waals surface area contributed by atoms with E-state index in [0.717, 1.165) is 17.8 Å². The van der Waals surface area contributed by atoms with Gasteiger partial charge in [-0.15, -0.1) is 0 Å². The van der Waals surface area contributed by atoms with Gasteiger partial charge in [0.15, 0.2) is 5.11 Å². The predicted octanol–water partition coefficient (Wildman–Crippen LogP) is 4.34. The number of aromatic nitrogens is 1. The molecule has 0 amide bonds. The molecule has 28 heavy (non-hydrogen) atoms. The molecule has 4 rings (SSSR count). The van der Waals surface area contributed by atoms with E-state index in [4.69, 9.17) is 12.2 Å². The molecule has 0 radical (unpaired) electrons. The third-order valence-corrected chi connectivity index (χ3v) is 5.15. The Kier molecular flexibility index (Phi) is 4.79. The van der Waals surface area contributed by atoms with Gasteiger partial charge < -0.3 is 14.8 Å². The van der Waals surface area contributed by atoms with Crippen LogP contribution >= 0.6 is 12.2 Å². The van der Waals surface area contributed by atoms with Crippen LogP contribution in [0.3, 0.4) is 0 Å². The first-order chi connectivity index (χ1) is 13.5. The number of nitro benzene ring substituents is 1. The van der Waals surface area contributed by atoms with Crippen LogP contribution in [0.15, 0.2) is 66.9 Å². The van der Waals surface area contributed by atoms with Crippen molar-refractivity contribution in [2.75, 3.05) is 11.9 Å². The zero-order chi connectivity index (χ0) is 19.7. The van der Waals surface area contributed by atoms with Crippen LogP contribution in [0.2, 0.25) is 0 Å². The fourth-order valence-corrected chi connectivity index (χ4v) is 3.77. The standard InChI is InChI=1S/C20H17FN4O2S/c21-15-5-3-14(4-6-15)19-18-2-1-11-23(18)12-13-24(19)20(28)22-16-7-9-17(10-8-16)25(26)27/h1-11,19H,12-13H2,(H,22,28)/t19-/m1/s1. The second-order valence-electron chi connectivity index (χ2n) is 6.51. The molecular weight excluding hydrogens is 379 g/mol. The number of nitrogens with one attached hydrogen (secondary N) is 1. The molecule has 6 nitrogen and oxygen atoms in total. The molecule has 2 aromatic carbocycles. The summed E-state index contributed by atoms with van der Waals surface area (Å²) in [6, 6.07) is 16.4. The van der Waals surface area contributed by atoms with Crippen LogP contribution in [-0.2, 0) is 6.54 Å². The average Bonchev–Trinajstić information content (AvgIpc) is 3.17. The number of non-ortho nitro benzene ring substituents is 1. The third kappa shape index (κ3) is 3.46. The molecule has 0 saturated carbocycles. The normalized spacial score (nSPS) is 15.8. The average molecular weight is 396 g/mol. The van der Waals surface area contributed by atoms with Gasteiger partial charge in [-0.3, -0.25) is 10.1 Å². The molecule has 0 spiro atoms. The van der Waals surface area contributed by atoms with Gasteiger partial charge in [0.05, 0.1) is 11.0 Å². The zero-order valence-electron chi connectivity index (χ0n) is 14.8. The van der Waals surface area contributed by atoms with Crippen LogP contribution in [0, 0.1) is 15.9 Å². The summed E-state index contributed by atoms with van der Waals surface area (Å²) in [5.41, 5.74) is 2.71. The van der Waals surface area contributed by atoms with E-state index in [2.05, 4.69) is 14.8 Å². The Morgan fingerprint density at radius 2 is 1.82 bits per heavy atom. The molecule has 2 heterocycles. The van der Waals surface area contributed by atoms with Crippen molar-refractivity contribution in [1.29, 1.82) is 0 Å². The molecule has 1 atom stereocenters. The first kappa shape index (κ1) is 18.1. The van der Waals surface area contributed by atoms with Crippen molar-refractivity contribution in [3.8, 4) is 0 Å². The van der Waals surface area contributed by atoms with Crippen molar-refractivity contribution in [3.05, 3.63) is 94.0 Å². The monoisotopic (exact) mass is 396 g/mol. The highest BCUT2D eigenvalue weighted by atomic mass is 32.1. The van der Waals surface area contributed by atoms with Crippen molar-refractivity contribution in [2.24, 2.45) is 0 Å². The molecule has 8 heteroatoms. The fourth-order valence-electron chi connectivity index (χ4n) is 3.46. The van der Waals surface area contributed by atoms with Crippen molar-refractivity contribution >= 4 is 28.7 Å². The van der Waals surface area contributed by atoms with E-state index in [9.17, 15) is 14.5 Å². The Labute approximate surface area is 166 Å². The SMILES string of the molecule is O=[N+]([O-])c1ccc(NC(=S)N2CCn3cccc3[C@H]2c2ccc(F)cc2)cc1. The molecule has 0 fully saturated rings. The lowest BCUT2D eigenvalue weighted by Gasteiger charge is -2.39. The van der Waals surface area contributed by atoms with E-state index in [0.29, 0.717) is 17.3 Å². The highest BCUT2D eigenvalue weighted by Gasteiger charge is 2.30. The first-order valence-corrected chi connectivity index (χ1v) is 9.16. The van der Waals surface area contributed by atoms with E-state index < -0.39 is 4.92 Å². The summed E-state index contributed by atoms with van der Waals surface area (Å²) in [7, 11) is 0. The van der Waals surface area contributed by atoms with Crippen LogP contribution in [0.5, 0.6) is 0 Å². The van der Waals surface area contributed by atoms with Crippen LogP contribution in [-0.4, -0.2) is 26.0 Å². The maximum Gasteiger partial charge on any atom is 0.269 e. The molecular formula is C20H17FN4O2S. The summed E-state index contributed by atoms with van der Waals surface area (Å²) in [4.78, 5) is 12.4.